The highest BCUT2D eigenvalue weighted by Crippen LogP contribution is 2.33. The van der Waals surface area contributed by atoms with Crippen molar-refractivity contribution >= 4 is 29.1 Å². The summed E-state index contributed by atoms with van der Waals surface area (Å²) < 4.78 is 19.4. The van der Waals surface area contributed by atoms with Crippen molar-refractivity contribution in [3.63, 3.8) is 0 Å². The SMILES string of the molecule is N[C@@H]1CC[C@@H](C(=O)N2CCO[C@H](c3cc(F)c(Cl)cc3Cl)C2)C1. The van der Waals surface area contributed by atoms with Crippen LogP contribution in [0.4, 0.5) is 4.39 Å². The van der Waals surface area contributed by atoms with Crippen LogP contribution in [0.5, 0.6) is 0 Å². The van der Waals surface area contributed by atoms with Gasteiger partial charge in [0.15, 0.2) is 0 Å². The summed E-state index contributed by atoms with van der Waals surface area (Å²) in [6, 6.07) is 2.77. The largest absolute Gasteiger partial charge is 0.370 e. The van der Waals surface area contributed by atoms with Crippen LogP contribution in [-0.2, 0) is 9.53 Å². The summed E-state index contributed by atoms with van der Waals surface area (Å²) in [4.78, 5) is 14.4. The summed E-state index contributed by atoms with van der Waals surface area (Å²) >= 11 is 11.9. The minimum Gasteiger partial charge on any atom is -0.370 e. The molecule has 0 aromatic heterocycles. The monoisotopic (exact) mass is 360 g/mol. The fourth-order valence-electron chi connectivity index (χ4n) is 3.32. The van der Waals surface area contributed by atoms with Crippen LogP contribution in [0.2, 0.25) is 10.0 Å². The van der Waals surface area contributed by atoms with Gasteiger partial charge in [0.05, 0.1) is 18.2 Å². The number of benzene rings is 1. The molecule has 23 heavy (non-hydrogen) atoms. The number of rotatable bonds is 2. The molecule has 0 bridgehead atoms. The second-order valence-electron chi connectivity index (χ2n) is 6.20. The maximum Gasteiger partial charge on any atom is 0.225 e. The number of halogens is 3. The van der Waals surface area contributed by atoms with E-state index < -0.39 is 11.9 Å². The Morgan fingerprint density at radius 2 is 2.09 bits per heavy atom. The predicted molar refractivity (Wildman–Crippen MR) is 87.0 cm³/mol. The number of nitrogens with two attached hydrogens (primary N) is 1. The van der Waals surface area contributed by atoms with Crippen LogP contribution in [-0.4, -0.2) is 36.5 Å². The van der Waals surface area contributed by atoms with Gasteiger partial charge < -0.3 is 15.4 Å². The van der Waals surface area contributed by atoms with E-state index in [0.29, 0.717) is 30.3 Å². The number of hydrogen-bond acceptors (Lipinski definition) is 3. The minimum atomic E-state index is -0.542. The molecule has 1 saturated heterocycles. The fourth-order valence-corrected chi connectivity index (χ4v) is 3.83. The Morgan fingerprint density at radius 3 is 2.78 bits per heavy atom. The van der Waals surface area contributed by atoms with Crippen LogP contribution in [0.15, 0.2) is 12.1 Å². The number of ether oxygens (including phenoxy) is 1. The second kappa shape index (κ2) is 6.93. The molecular formula is C16H19Cl2FN2O2. The van der Waals surface area contributed by atoms with Crippen LogP contribution in [0, 0.1) is 11.7 Å². The number of nitrogens with zero attached hydrogens (tertiary/aromatic N) is 1. The van der Waals surface area contributed by atoms with Crippen molar-refractivity contribution in [3.8, 4) is 0 Å². The molecule has 1 aromatic carbocycles. The first-order valence-electron chi connectivity index (χ1n) is 7.76. The van der Waals surface area contributed by atoms with Gasteiger partial charge in [0.2, 0.25) is 5.91 Å². The summed E-state index contributed by atoms with van der Waals surface area (Å²) in [6.45, 7) is 1.30. The lowest BCUT2D eigenvalue weighted by molar-refractivity contribution is -0.143. The summed E-state index contributed by atoms with van der Waals surface area (Å²) in [7, 11) is 0. The predicted octanol–water partition coefficient (Wildman–Crippen LogP) is 3.16. The first-order valence-corrected chi connectivity index (χ1v) is 8.51. The maximum absolute atomic E-state index is 13.7. The number of morpholine rings is 1. The third-order valence-corrected chi connectivity index (χ3v) is 5.20. The lowest BCUT2D eigenvalue weighted by Gasteiger charge is -2.35. The summed E-state index contributed by atoms with van der Waals surface area (Å²) in [6.07, 6.45) is 2.01. The number of hydrogen-bond donors (Lipinski definition) is 1. The third-order valence-electron chi connectivity index (χ3n) is 4.59. The lowest BCUT2D eigenvalue weighted by atomic mass is 10.0. The van der Waals surface area contributed by atoms with Crippen molar-refractivity contribution in [3.05, 3.63) is 33.6 Å². The molecule has 1 amide bonds. The zero-order valence-electron chi connectivity index (χ0n) is 12.6. The van der Waals surface area contributed by atoms with E-state index in [1.807, 2.05) is 0 Å². The number of carbonyl (C=O) groups excluding carboxylic acids is 1. The lowest BCUT2D eigenvalue weighted by Crippen LogP contribution is -2.44. The Balaban J connectivity index is 1.73. The minimum absolute atomic E-state index is 0.0128. The standard InChI is InChI=1S/C16H19Cl2FN2O2/c17-12-7-13(18)14(19)6-11(12)15-8-21(3-4-23-15)16(22)9-1-2-10(20)5-9/h6-7,9-10,15H,1-5,8,20H2/t9-,10-,15+/m1/s1. The quantitative estimate of drug-likeness (QED) is 0.824. The molecule has 2 aliphatic rings. The van der Waals surface area contributed by atoms with Crippen molar-refractivity contribution in [2.75, 3.05) is 19.7 Å². The Hall–Kier alpha value is -0.880. The Bertz CT molecular complexity index is 614. The van der Waals surface area contributed by atoms with E-state index in [2.05, 4.69) is 0 Å². The van der Waals surface area contributed by atoms with Gasteiger partial charge in [-0.1, -0.05) is 23.2 Å². The zero-order valence-corrected chi connectivity index (χ0v) is 14.1. The molecule has 3 atom stereocenters. The highest BCUT2D eigenvalue weighted by molar-refractivity contribution is 6.35. The van der Waals surface area contributed by atoms with Gasteiger partial charge in [-0.25, -0.2) is 4.39 Å². The number of carbonyl (C=O) groups is 1. The molecule has 7 heteroatoms. The fraction of sp³-hybridized carbons (Fsp3) is 0.562. The first kappa shape index (κ1) is 17.0. The van der Waals surface area contributed by atoms with E-state index in [1.54, 1.807) is 4.90 Å². The van der Waals surface area contributed by atoms with Crippen molar-refractivity contribution in [2.45, 2.75) is 31.4 Å². The molecule has 2 N–H and O–H groups in total. The Labute approximate surface area is 144 Å². The molecular weight excluding hydrogens is 342 g/mol. The highest BCUT2D eigenvalue weighted by atomic mass is 35.5. The van der Waals surface area contributed by atoms with Crippen LogP contribution in [0.25, 0.3) is 0 Å². The molecule has 0 spiro atoms. The molecule has 1 heterocycles. The van der Waals surface area contributed by atoms with Crippen LogP contribution < -0.4 is 5.73 Å². The first-order chi connectivity index (χ1) is 11.0. The van der Waals surface area contributed by atoms with Crippen LogP contribution >= 0.6 is 23.2 Å². The normalized spacial score (nSPS) is 28.2. The smallest absolute Gasteiger partial charge is 0.225 e. The van der Waals surface area contributed by atoms with E-state index in [1.165, 1.54) is 12.1 Å². The van der Waals surface area contributed by atoms with Gasteiger partial charge in [0.25, 0.3) is 0 Å². The topological polar surface area (TPSA) is 55.6 Å². The van der Waals surface area contributed by atoms with Gasteiger partial charge >= 0.3 is 0 Å². The summed E-state index contributed by atoms with van der Waals surface area (Å²) in [5, 5.41) is 0.320. The van der Waals surface area contributed by atoms with Gasteiger partial charge in [-0.05, 0) is 31.4 Å². The summed E-state index contributed by atoms with van der Waals surface area (Å²) in [5.74, 6) is -0.446. The molecule has 3 rings (SSSR count). The molecule has 0 unspecified atom stereocenters. The Morgan fingerprint density at radius 1 is 1.30 bits per heavy atom. The van der Waals surface area contributed by atoms with Crippen molar-refractivity contribution in [2.24, 2.45) is 11.7 Å². The third kappa shape index (κ3) is 3.63. The molecule has 1 saturated carbocycles. The van der Waals surface area contributed by atoms with E-state index >= 15 is 0 Å². The second-order valence-corrected chi connectivity index (χ2v) is 7.02. The molecule has 1 aliphatic carbocycles. The molecule has 1 aromatic rings. The van der Waals surface area contributed by atoms with Crippen molar-refractivity contribution in [1.82, 2.24) is 4.90 Å². The molecule has 0 radical (unpaired) electrons. The van der Waals surface area contributed by atoms with Gasteiger partial charge in [-0.3, -0.25) is 4.79 Å². The van der Waals surface area contributed by atoms with E-state index in [4.69, 9.17) is 33.7 Å². The van der Waals surface area contributed by atoms with E-state index in [0.717, 1.165) is 19.3 Å². The summed E-state index contributed by atoms with van der Waals surface area (Å²) in [5.41, 5.74) is 6.42. The average molecular weight is 361 g/mol. The molecule has 2 fully saturated rings. The van der Waals surface area contributed by atoms with Gasteiger partial charge in [0.1, 0.15) is 11.9 Å². The van der Waals surface area contributed by atoms with Gasteiger partial charge in [-0.2, -0.15) is 0 Å². The van der Waals surface area contributed by atoms with Crippen molar-refractivity contribution < 1.29 is 13.9 Å². The maximum atomic E-state index is 13.7. The van der Waals surface area contributed by atoms with Crippen molar-refractivity contribution in [1.29, 1.82) is 0 Å². The van der Waals surface area contributed by atoms with E-state index in [9.17, 15) is 9.18 Å². The molecule has 126 valence electrons. The van der Waals surface area contributed by atoms with Crippen LogP contribution in [0.1, 0.15) is 30.9 Å². The van der Waals surface area contributed by atoms with Gasteiger partial charge in [-0.15, -0.1) is 0 Å². The Kier molecular flexibility index (Phi) is 5.11. The number of amides is 1. The zero-order chi connectivity index (χ0) is 16.6. The average Bonchev–Trinajstić information content (AvgIpc) is 2.97. The highest BCUT2D eigenvalue weighted by Gasteiger charge is 2.34. The molecule has 1 aliphatic heterocycles. The van der Waals surface area contributed by atoms with Crippen LogP contribution in [0.3, 0.4) is 0 Å². The van der Waals surface area contributed by atoms with E-state index in [-0.39, 0.29) is 22.9 Å². The molecule has 4 nitrogen and oxygen atoms in total. The van der Waals surface area contributed by atoms with Gasteiger partial charge in [0, 0.05) is 29.1 Å².